The highest BCUT2D eigenvalue weighted by Gasteiger charge is 2.21. The number of benzene rings is 1. The fourth-order valence-corrected chi connectivity index (χ4v) is 2.17. The van der Waals surface area contributed by atoms with E-state index in [0.717, 1.165) is 23.0 Å². The van der Waals surface area contributed by atoms with Crippen molar-refractivity contribution in [3.63, 3.8) is 0 Å². The van der Waals surface area contributed by atoms with Gasteiger partial charge in [0, 0.05) is 22.2 Å². The zero-order valence-electron chi connectivity index (χ0n) is 10.3. The molecule has 0 radical (unpaired) electrons. The number of halogens is 1. The van der Waals surface area contributed by atoms with Crippen molar-refractivity contribution < 1.29 is 0 Å². The monoisotopic (exact) mass is 284 g/mol. The minimum absolute atomic E-state index is 0.0228. The molecule has 0 heterocycles. The van der Waals surface area contributed by atoms with Crippen LogP contribution < -0.4 is 11.1 Å². The smallest absolute Gasteiger partial charge is 0.0491 e. The number of anilines is 1. The lowest BCUT2D eigenvalue weighted by atomic mass is 9.96. The van der Waals surface area contributed by atoms with E-state index in [1.54, 1.807) is 0 Å². The number of hydrogen-bond acceptors (Lipinski definition) is 2. The Morgan fingerprint density at radius 3 is 2.69 bits per heavy atom. The van der Waals surface area contributed by atoms with Gasteiger partial charge in [0.25, 0.3) is 0 Å². The molecule has 0 fully saturated rings. The molecule has 1 rings (SSSR count). The van der Waals surface area contributed by atoms with Crippen LogP contribution in [0.3, 0.4) is 0 Å². The van der Waals surface area contributed by atoms with Gasteiger partial charge in [0.15, 0.2) is 0 Å². The van der Waals surface area contributed by atoms with E-state index in [0.29, 0.717) is 6.54 Å². The van der Waals surface area contributed by atoms with Gasteiger partial charge in [-0.05, 0) is 53.9 Å². The van der Waals surface area contributed by atoms with Crippen LogP contribution in [-0.4, -0.2) is 12.1 Å². The summed E-state index contributed by atoms with van der Waals surface area (Å²) in [7, 11) is 0. The lowest BCUT2D eigenvalue weighted by Crippen LogP contribution is -2.42. The Morgan fingerprint density at radius 1 is 1.44 bits per heavy atom. The third kappa shape index (κ3) is 3.49. The lowest BCUT2D eigenvalue weighted by molar-refractivity contribution is 0.476. The largest absolute Gasteiger partial charge is 0.378 e. The van der Waals surface area contributed by atoms with Crippen molar-refractivity contribution in [1.82, 2.24) is 0 Å². The predicted octanol–water partition coefficient (Wildman–Crippen LogP) is 3.69. The van der Waals surface area contributed by atoms with Gasteiger partial charge in [0.2, 0.25) is 0 Å². The molecular weight excluding hydrogens is 264 g/mol. The van der Waals surface area contributed by atoms with Crippen LogP contribution in [0.2, 0.25) is 0 Å². The Kier molecular flexibility index (Phi) is 4.81. The minimum atomic E-state index is -0.0228. The second kappa shape index (κ2) is 5.69. The highest BCUT2D eigenvalue weighted by atomic mass is 79.9. The fourth-order valence-electron chi connectivity index (χ4n) is 1.83. The van der Waals surface area contributed by atoms with E-state index in [1.165, 1.54) is 5.56 Å². The van der Waals surface area contributed by atoms with Crippen molar-refractivity contribution in [1.29, 1.82) is 0 Å². The van der Waals surface area contributed by atoms with E-state index >= 15 is 0 Å². The molecule has 3 heteroatoms. The SMILES string of the molecule is CCCC(C)(CN)Nc1cc(C)ccc1Br. The molecule has 2 nitrogen and oxygen atoms in total. The second-order valence-corrected chi connectivity index (χ2v) is 5.48. The summed E-state index contributed by atoms with van der Waals surface area (Å²) in [4.78, 5) is 0. The van der Waals surface area contributed by atoms with Gasteiger partial charge >= 0.3 is 0 Å². The molecule has 0 amide bonds. The van der Waals surface area contributed by atoms with Crippen LogP contribution in [-0.2, 0) is 0 Å². The molecule has 0 bridgehead atoms. The Balaban J connectivity index is 2.89. The first-order chi connectivity index (χ1) is 7.50. The molecule has 0 saturated heterocycles. The van der Waals surface area contributed by atoms with Crippen molar-refractivity contribution in [3.8, 4) is 0 Å². The Labute approximate surface area is 107 Å². The van der Waals surface area contributed by atoms with Crippen molar-refractivity contribution in [2.45, 2.75) is 39.2 Å². The van der Waals surface area contributed by atoms with Crippen LogP contribution in [0, 0.1) is 6.92 Å². The van der Waals surface area contributed by atoms with Crippen LogP contribution in [0.15, 0.2) is 22.7 Å². The van der Waals surface area contributed by atoms with Crippen LogP contribution in [0.5, 0.6) is 0 Å². The maximum atomic E-state index is 5.85. The third-order valence-corrected chi connectivity index (χ3v) is 3.50. The quantitative estimate of drug-likeness (QED) is 0.866. The summed E-state index contributed by atoms with van der Waals surface area (Å²) in [5, 5.41) is 3.54. The third-order valence-electron chi connectivity index (χ3n) is 2.81. The van der Waals surface area contributed by atoms with Gasteiger partial charge in [-0.3, -0.25) is 0 Å². The normalized spacial score (nSPS) is 14.6. The average Bonchev–Trinajstić information content (AvgIpc) is 2.24. The van der Waals surface area contributed by atoms with E-state index in [1.807, 2.05) is 0 Å². The van der Waals surface area contributed by atoms with E-state index in [2.05, 4.69) is 60.2 Å². The molecule has 90 valence electrons. The van der Waals surface area contributed by atoms with Crippen LogP contribution in [0.4, 0.5) is 5.69 Å². The first-order valence-corrected chi connectivity index (χ1v) is 6.54. The van der Waals surface area contributed by atoms with Gasteiger partial charge in [-0.2, -0.15) is 0 Å². The van der Waals surface area contributed by atoms with E-state index in [9.17, 15) is 0 Å². The molecular formula is C13H21BrN2. The maximum absolute atomic E-state index is 5.85. The highest BCUT2D eigenvalue weighted by molar-refractivity contribution is 9.10. The van der Waals surface area contributed by atoms with Gasteiger partial charge in [-0.25, -0.2) is 0 Å². The molecule has 0 aliphatic heterocycles. The summed E-state index contributed by atoms with van der Waals surface area (Å²) < 4.78 is 1.09. The first-order valence-electron chi connectivity index (χ1n) is 5.75. The van der Waals surface area contributed by atoms with E-state index in [-0.39, 0.29) is 5.54 Å². The molecule has 3 N–H and O–H groups in total. The summed E-state index contributed by atoms with van der Waals surface area (Å²) in [5.74, 6) is 0. The molecule has 0 aliphatic rings. The first kappa shape index (κ1) is 13.5. The van der Waals surface area contributed by atoms with Gasteiger partial charge < -0.3 is 11.1 Å². The topological polar surface area (TPSA) is 38.0 Å². The molecule has 16 heavy (non-hydrogen) atoms. The fraction of sp³-hybridized carbons (Fsp3) is 0.538. The summed E-state index contributed by atoms with van der Waals surface area (Å²) >= 11 is 3.56. The van der Waals surface area contributed by atoms with Crippen LogP contribution in [0.25, 0.3) is 0 Å². The Hall–Kier alpha value is -0.540. The summed E-state index contributed by atoms with van der Waals surface area (Å²) in [6, 6.07) is 6.31. The van der Waals surface area contributed by atoms with Gasteiger partial charge in [-0.15, -0.1) is 0 Å². The Bertz CT molecular complexity index is 352. The maximum Gasteiger partial charge on any atom is 0.0491 e. The number of nitrogens with one attached hydrogen (secondary N) is 1. The molecule has 0 spiro atoms. The number of hydrogen-bond donors (Lipinski definition) is 2. The van der Waals surface area contributed by atoms with Crippen LogP contribution in [0.1, 0.15) is 32.3 Å². The summed E-state index contributed by atoms with van der Waals surface area (Å²) in [6.45, 7) is 7.09. The predicted molar refractivity (Wildman–Crippen MR) is 74.9 cm³/mol. The molecule has 1 atom stereocenters. The molecule has 0 aromatic heterocycles. The number of aryl methyl sites for hydroxylation is 1. The molecule has 1 unspecified atom stereocenters. The van der Waals surface area contributed by atoms with E-state index in [4.69, 9.17) is 5.73 Å². The molecule has 0 saturated carbocycles. The number of nitrogens with two attached hydrogens (primary N) is 1. The Morgan fingerprint density at radius 2 is 2.12 bits per heavy atom. The van der Waals surface area contributed by atoms with Gasteiger partial charge in [0.1, 0.15) is 0 Å². The van der Waals surface area contributed by atoms with E-state index < -0.39 is 0 Å². The van der Waals surface area contributed by atoms with Crippen molar-refractivity contribution >= 4 is 21.6 Å². The second-order valence-electron chi connectivity index (χ2n) is 4.62. The molecule has 1 aromatic rings. The number of rotatable bonds is 5. The zero-order valence-corrected chi connectivity index (χ0v) is 11.9. The standard InChI is InChI=1S/C13H21BrN2/c1-4-7-13(3,9-15)16-12-8-10(2)5-6-11(12)14/h5-6,8,16H,4,7,9,15H2,1-3H3. The highest BCUT2D eigenvalue weighted by Crippen LogP contribution is 2.27. The van der Waals surface area contributed by atoms with Crippen molar-refractivity contribution in [3.05, 3.63) is 28.2 Å². The molecule has 0 aliphatic carbocycles. The average molecular weight is 285 g/mol. The zero-order chi connectivity index (χ0) is 12.2. The minimum Gasteiger partial charge on any atom is -0.378 e. The van der Waals surface area contributed by atoms with Crippen LogP contribution >= 0.6 is 15.9 Å². The summed E-state index contributed by atoms with van der Waals surface area (Å²) in [6.07, 6.45) is 2.20. The lowest BCUT2D eigenvalue weighted by Gasteiger charge is -2.31. The van der Waals surface area contributed by atoms with Gasteiger partial charge in [0.05, 0.1) is 0 Å². The summed E-state index contributed by atoms with van der Waals surface area (Å²) in [5.41, 5.74) is 8.21. The van der Waals surface area contributed by atoms with Crippen molar-refractivity contribution in [2.75, 3.05) is 11.9 Å². The van der Waals surface area contributed by atoms with Crippen molar-refractivity contribution in [2.24, 2.45) is 5.73 Å². The molecule has 1 aromatic carbocycles. The van der Waals surface area contributed by atoms with Gasteiger partial charge in [-0.1, -0.05) is 19.4 Å².